The first-order valence-electron chi connectivity index (χ1n) is 9.28. The van der Waals surface area contributed by atoms with Gasteiger partial charge >= 0.3 is 0 Å². The van der Waals surface area contributed by atoms with Gasteiger partial charge in [0.2, 0.25) is 0 Å². The van der Waals surface area contributed by atoms with Crippen molar-refractivity contribution in [2.75, 3.05) is 19.7 Å². The summed E-state index contributed by atoms with van der Waals surface area (Å²) in [6, 6.07) is 25.4. The zero-order chi connectivity index (χ0) is 17.2. The van der Waals surface area contributed by atoms with E-state index in [9.17, 15) is 0 Å². The molecule has 2 nitrogen and oxygen atoms in total. The van der Waals surface area contributed by atoms with Crippen LogP contribution in [0.2, 0.25) is 0 Å². The van der Waals surface area contributed by atoms with E-state index in [0.29, 0.717) is 0 Å². The third-order valence-electron chi connectivity index (χ3n) is 4.40. The SMILES string of the molecule is c1ccc(CCCNCCCCOc2ccc3ccccc3c2)cc1. The van der Waals surface area contributed by atoms with Crippen LogP contribution in [0, 0.1) is 0 Å². The van der Waals surface area contributed by atoms with Crippen LogP contribution in [0.5, 0.6) is 5.75 Å². The van der Waals surface area contributed by atoms with Crippen molar-refractivity contribution in [2.24, 2.45) is 0 Å². The average molecular weight is 333 g/mol. The molecule has 3 rings (SSSR count). The number of unbranched alkanes of at least 4 members (excludes halogenated alkanes) is 1. The van der Waals surface area contributed by atoms with Crippen molar-refractivity contribution in [1.82, 2.24) is 5.32 Å². The summed E-state index contributed by atoms with van der Waals surface area (Å²) in [7, 11) is 0. The highest BCUT2D eigenvalue weighted by molar-refractivity contribution is 5.83. The van der Waals surface area contributed by atoms with Gasteiger partial charge in [-0.05, 0) is 67.2 Å². The van der Waals surface area contributed by atoms with Crippen LogP contribution in [0.3, 0.4) is 0 Å². The summed E-state index contributed by atoms with van der Waals surface area (Å²) in [5.41, 5.74) is 1.42. The van der Waals surface area contributed by atoms with Gasteiger partial charge in [0.1, 0.15) is 5.75 Å². The van der Waals surface area contributed by atoms with Crippen molar-refractivity contribution >= 4 is 10.8 Å². The van der Waals surface area contributed by atoms with Crippen LogP contribution in [0.4, 0.5) is 0 Å². The van der Waals surface area contributed by atoms with Crippen LogP contribution in [-0.4, -0.2) is 19.7 Å². The quantitative estimate of drug-likeness (QED) is 0.514. The Morgan fingerprint density at radius 3 is 2.32 bits per heavy atom. The summed E-state index contributed by atoms with van der Waals surface area (Å²) in [6.45, 7) is 2.93. The Bertz CT molecular complexity index is 754. The zero-order valence-electron chi connectivity index (χ0n) is 14.8. The minimum absolute atomic E-state index is 0.782. The van der Waals surface area contributed by atoms with E-state index >= 15 is 0 Å². The van der Waals surface area contributed by atoms with Gasteiger partial charge in [-0.2, -0.15) is 0 Å². The first-order chi connectivity index (χ1) is 12.4. The maximum atomic E-state index is 5.87. The Morgan fingerprint density at radius 1 is 0.680 bits per heavy atom. The van der Waals surface area contributed by atoms with Crippen molar-refractivity contribution < 1.29 is 4.74 Å². The maximum Gasteiger partial charge on any atom is 0.119 e. The highest BCUT2D eigenvalue weighted by Gasteiger charge is 1.97. The number of benzene rings is 3. The molecule has 3 aromatic carbocycles. The molecule has 0 spiro atoms. The van der Waals surface area contributed by atoms with Gasteiger partial charge in [-0.15, -0.1) is 0 Å². The third kappa shape index (κ3) is 5.91. The van der Waals surface area contributed by atoms with E-state index in [0.717, 1.165) is 44.7 Å². The van der Waals surface area contributed by atoms with Gasteiger partial charge < -0.3 is 10.1 Å². The molecule has 3 aromatic rings. The summed E-state index contributed by atoms with van der Waals surface area (Å²) < 4.78 is 5.87. The first kappa shape index (κ1) is 17.5. The van der Waals surface area contributed by atoms with Crippen LogP contribution in [0.1, 0.15) is 24.8 Å². The van der Waals surface area contributed by atoms with Crippen LogP contribution in [-0.2, 0) is 6.42 Å². The number of nitrogens with one attached hydrogen (secondary N) is 1. The second kappa shape index (κ2) is 9.85. The predicted molar refractivity (Wildman–Crippen MR) is 106 cm³/mol. The second-order valence-electron chi connectivity index (χ2n) is 6.40. The van der Waals surface area contributed by atoms with Gasteiger partial charge in [0.25, 0.3) is 0 Å². The van der Waals surface area contributed by atoms with Crippen molar-refractivity contribution in [1.29, 1.82) is 0 Å². The molecule has 1 N–H and O–H groups in total. The van der Waals surface area contributed by atoms with Gasteiger partial charge in [0.15, 0.2) is 0 Å². The number of rotatable bonds is 10. The van der Waals surface area contributed by atoms with Gasteiger partial charge in [-0.25, -0.2) is 0 Å². The molecule has 0 aliphatic heterocycles. The fraction of sp³-hybridized carbons (Fsp3) is 0.304. The molecule has 0 amide bonds. The van der Waals surface area contributed by atoms with Crippen LogP contribution >= 0.6 is 0 Å². The topological polar surface area (TPSA) is 21.3 Å². The molecule has 0 saturated carbocycles. The van der Waals surface area contributed by atoms with E-state index in [1.54, 1.807) is 0 Å². The summed E-state index contributed by atoms with van der Waals surface area (Å²) in [4.78, 5) is 0. The van der Waals surface area contributed by atoms with Crippen molar-refractivity contribution in [3.05, 3.63) is 78.4 Å². The lowest BCUT2D eigenvalue weighted by Gasteiger charge is -2.08. The van der Waals surface area contributed by atoms with Crippen LogP contribution < -0.4 is 10.1 Å². The Hall–Kier alpha value is -2.32. The van der Waals surface area contributed by atoms with E-state index in [1.165, 1.54) is 22.8 Å². The van der Waals surface area contributed by atoms with Gasteiger partial charge in [0, 0.05) is 0 Å². The molecule has 0 radical (unpaired) electrons. The first-order valence-corrected chi connectivity index (χ1v) is 9.28. The van der Waals surface area contributed by atoms with E-state index in [1.807, 2.05) is 0 Å². The van der Waals surface area contributed by atoms with Crippen molar-refractivity contribution in [3.8, 4) is 5.75 Å². The minimum atomic E-state index is 0.782. The summed E-state index contributed by atoms with van der Waals surface area (Å²) in [5.74, 6) is 0.967. The largest absolute Gasteiger partial charge is 0.494 e. The Labute approximate surface area is 150 Å². The Balaban J connectivity index is 1.24. The predicted octanol–water partition coefficient (Wildman–Crippen LogP) is 5.22. The van der Waals surface area contributed by atoms with Crippen LogP contribution in [0.15, 0.2) is 72.8 Å². The van der Waals surface area contributed by atoms with Gasteiger partial charge in [0.05, 0.1) is 6.61 Å². The lowest BCUT2D eigenvalue weighted by Crippen LogP contribution is -2.17. The molecule has 0 fully saturated rings. The third-order valence-corrected chi connectivity index (χ3v) is 4.40. The number of hydrogen-bond acceptors (Lipinski definition) is 2. The summed E-state index contributed by atoms with van der Waals surface area (Å²) >= 11 is 0. The lowest BCUT2D eigenvalue weighted by molar-refractivity contribution is 0.306. The van der Waals surface area contributed by atoms with Crippen molar-refractivity contribution in [3.63, 3.8) is 0 Å². The second-order valence-corrected chi connectivity index (χ2v) is 6.40. The van der Waals surface area contributed by atoms with E-state index < -0.39 is 0 Å². The Morgan fingerprint density at radius 2 is 1.44 bits per heavy atom. The fourth-order valence-corrected chi connectivity index (χ4v) is 2.99. The minimum Gasteiger partial charge on any atom is -0.494 e. The van der Waals surface area contributed by atoms with E-state index in [2.05, 4.69) is 78.1 Å². The van der Waals surface area contributed by atoms with Crippen molar-refractivity contribution in [2.45, 2.75) is 25.7 Å². The summed E-state index contributed by atoms with van der Waals surface area (Å²) in [6.07, 6.45) is 4.58. The van der Waals surface area contributed by atoms with Crippen LogP contribution in [0.25, 0.3) is 10.8 Å². The standard InChI is InChI=1S/C23H27NO/c1-2-9-20(10-3-1)11-8-17-24-16-6-7-18-25-23-15-14-21-12-4-5-13-22(21)19-23/h1-5,9-10,12-15,19,24H,6-8,11,16-18H2. The number of ether oxygens (including phenoxy) is 1. The molecule has 0 aliphatic carbocycles. The molecule has 0 heterocycles. The lowest BCUT2D eigenvalue weighted by atomic mass is 10.1. The smallest absolute Gasteiger partial charge is 0.119 e. The van der Waals surface area contributed by atoms with E-state index in [-0.39, 0.29) is 0 Å². The number of hydrogen-bond donors (Lipinski definition) is 1. The molecule has 0 unspecified atom stereocenters. The van der Waals surface area contributed by atoms with Gasteiger partial charge in [-0.3, -0.25) is 0 Å². The summed E-state index contributed by atoms with van der Waals surface area (Å²) in [5, 5.41) is 6.02. The average Bonchev–Trinajstić information content (AvgIpc) is 2.67. The maximum absolute atomic E-state index is 5.87. The highest BCUT2D eigenvalue weighted by Crippen LogP contribution is 2.20. The monoisotopic (exact) mass is 333 g/mol. The molecule has 130 valence electrons. The highest BCUT2D eigenvalue weighted by atomic mass is 16.5. The molecule has 0 bridgehead atoms. The molecular weight excluding hydrogens is 306 g/mol. The van der Waals surface area contributed by atoms with Gasteiger partial charge in [-0.1, -0.05) is 60.7 Å². The molecule has 0 saturated heterocycles. The molecular formula is C23H27NO. The number of fused-ring (bicyclic) bond motifs is 1. The molecule has 0 aromatic heterocycles. The molecule has 2 heteroatoms. The fourth-order valence-electron chi connectivity index (χ4n) is 2.99. The zero-order valence-corrected chi connectivity index (χ0v) is 14.8. The molecule has 0 atom stereocenters. The Kier molecular flexibility index (Phi) is 6.90. The molecule has 0 aliphatic rings. The normalized spacial score (nSPS) is 10.9. The van der Waals surface area contributed by atoms with E-state index in [4.69, 9.17) is 4.74 Å². The number of aryl methyl sites for hydroxylation is 1. The molecule has 25 heavy (non-hydrogen) atoms.